The van der Waals surface area contributed by atoms with E-state index in [1.807, 2.05) is 0 Å². The largest absolute Gasteiger partial charge is 0.456 e. The molecule has 5 rings (SSSR count). The van der Waals surface area contributed by atoms with Crippen molar-refractivity contribution in [1.29, 1.82) is 0 Å². The van der Waals surface area contributed by atoms with Crippen molar-refractivity contribution in [3.63, 3.8) is 0 Å². The lowest BCUT2D eigenvalue weighted by Crippen LogP contribution is -2.28. The number of pyridine rings is 1. The zero-order valence-electron chi connectivity index (χ0n) is 19.7. The third kappa shape index (κ3) is 4.97. The van der Waals surface area contributed by atoms with E-state index in [2.05, 4.69) is 9.98 Å². The number of fused-ring (bicyclic) bond motifs is 2. The third-order valence-corrected chi connectivity index (χ3v) is 6.18. The molecule has 0 fully saturated rings. The van der Waals surface area contributed by atoms with E-state index < -0.39 is 29.8 Å². The van der Waals surface area contributed by atoms with Crippen LogP contribution < -0.4 is 10.5 Å². The first-order valence-electron chi connectivity index (χ1n) is 11.5. The number of nitrogens with two attached hydrogens (primary N) is 1. The fraction of sp³-hybridized carbons (Fsp3) is 0.143. The highest BCUT2D eigenvalue weighted by Gasteiger charge is 2.31. The van der Waals surface area contributed by atoms with Gasteiger partial charge in [0.15, 0.2) is 11.7 Å². The Labute approximate surface area is 213 Å². The molecule has 0 amide bonds. The van der Waals surface area contributed by atoms with Crippen LogP contribution in [0.25, 0.3) is 10.8 Å². The van der Waals surface area contributed by atoms with Gasteiger partial charge in [0.2, 0.25) is 5.78 Å². The lowest BCUT2D eigenvalue weighted by Gasteiger charge is -2.17. The second-order valence-corrected chi connectivity index (χ2v) is 8.77. The molecule has 38 heavy (non-hydrogen) atoms. The Morgan fingerprint density at radius 1 is 0.947 bits per heavy atom. The molecule has 1 aliphatic rings. The molecule has 6 nitrogen and oxygen atoms in total. The average molecular weight is 521 g/mol. The number of carbonyl (C=O) groups is 2. The molecule has 0 aliphatic carbocycles. The molecule has 2 heterocycles. The molecule has 3 aromatic carbocycles. The van der Waals surface area contributed by atoms with Gasteiger partial charge in [-0.05, 0) is 46.8 Å². The number of carbonyl (C=O) groups excluding carboxylic acids is 2. The second kappa shape index (κ2) is 9.70. The number of hydrogen-bond donors (Lipinski definition) is 1. The maximum atomic E-state index is 14.2. The minimum absolute atomic E-state index is 0.00947. The van der Waals surface area contributed by atoms with E-state index >= 15 is 0 Å². The monoisotopic (exact) mass is 521 g/mol. The van der Waals surface area contributed by atoms with Gasteiger partial charge in [-0.3, -0.25) is 9.59 Å². The first-order valence-corrected chi connectivity index (χ1v) is 11.5. The quantitative estimate of drug-likeness (QED) is 0.331. The number of amidine groups is 1. The van der Waals surface area contributed by atoms with Crippen LogP contribution in [-0.2, 0) is 35.0 Å². The van der Waals surface area contributed by atoms with Gasteiger partial charge in [-0.2, -0.15) is 13.2 Å². The molecule has 1 aromatic heterocycles. The summed E-state index contributed by atoms with van der Waals surface area (Å²) in [6, 6.07) is 14.1. The van der Waals surface area contributed by atoms with Crippen LogP contribution in [0.4, 0.5) is 23.4 Å². The highest BCUT2D eigenvalue weighted by atomic mass is 19.4. The smallest absolute Gasteiger partial charge is 0.416 e. The normalized spacial score (nSPS) is 13.3. The number of aliphatic imine (C=N–C) groups is 1. The molecule has 0 unspecified atom stereocenters. The minimum Gasteiger partial charge on any atom is -0.456 e. The Kier molecular flexibility index (Phi) is 6.40. The Hall–Kier alpha value is -4.60. The maximum Gasteiger partial charge on any atom is 0.416 e. The summed E-state index contributed by atoms with van der Waals surface area (Å²) >= 11 is 0. The molecule has 0 radical (unpaired) electrons. The van der Waals surface area contributed by atoms with Crippen molar-refractivity contribution < 1.29 is 31.9 Å². The highest BCUT2D eigenvalue weighted by Crippen LogP contribution is 2.37. The van der Waals surface area contributed by atoms with E-state index in [1.165, 1.54) is 6.20 Å². The van der Waals surface area contributed by atoms with Crippen LogP contribution in [0.2, 0.25) is 0 Å². The van der Waals surface area contributed by atoms with Crippen LogP contribution in [0.1, 0.15) is 22.3 Å². The lowest BCUT2D eigenvalue weighted by molar-refractivity contribution is -0.137. The predicted molar refractivity (Wildman–Crippen MR) is 132 cm³/mol. The Morgan fingerprint density at radius 3 is 2.45 bits per heavy atom. The molecule has 1 aliphatic heterocycles. The van der Waals surface area contributed by atoms with Crippen molar-refractivity contribution in [2.45, 2.75) is 25.4 Å². The number of nitrogens with zero attached hydrogens (tertiary/aromatic N) is 2. The van der Waals surface area contributed by atoms with Gasteiger partial charge in [-0.25, -0.2) is 14.4 Å². The molecule has 0 spiro atoms. The SMILES string of the molecule is NC1=Nc2nccc(Oc3ccc(CC(=O)Cc4cc(C(F)(F)F)ccc4F)c4ccccc34)c2CC1=O. The summed E-state index contributed by atoms with van der Waals surface area (Å²) in [6.45, 7) is 0. The molecule has 4 aromatic rings. The van der Waals surface area contributed by atoms with E-state index in [4.69, 9.17) is 10.5 Å². The van der Waals surface area contributed by atoms with Gasteiger partial charge in [0, 0.05) is 36.4 Å². The average Bonchev–Trinajstić information content (AvgIpc) is 2.87. The van der Waals surface area contributed by atoms with Crippen molar-refractivity contribution >= 4 is 34.0 Å². The van der Waals surface area contributed by atoms with Gasteiger partial charge >= 0.3 is 6.18 Å². The Morgan fingerprint density at radius 2 is 1.68 bits per heavy atom. The topological polar surface area (TPSA) is 94.6 Å². The lowest BCUT2D eigenvalue weighted by atomic mass is 9.96. The molecule has 2 N–H and O–H groups in total. The summed E-state index contributed by atoms with van der Waals surface area (Å²) in [5.41, 5.74) is 5.41. The van der Waals surface area contributed by atoms with Crippen LogP contribution in [0.3, 0.4) is 0 Å². The van der Waals surface area contributed by atoms with Gasteiger partial charge < -0.3 is 10.5 Å². The highest BCUT2D eigenvalue weighted by molar-refractivity contribution is 6.40. The van der Waals surface area contributed by atoms with Gasteiger partial charge in [-0.15, -0.1) is 0 Å². The van der Waals surface area contributed by atoms with Crippen LogP contribution >= 0.6 is 0 Å². The molecule has 0 saturated heterocycles. The fourth-order valence-corrected chi connectivity index (χ4v) is 4.32. The molecule has 10 heteroatoms. The van der Waals surface area contributed by atoms with Crippen molar-refractivity contribution in [1.82, 2.24) is 4.98 Å². The van der Waals surface area contributed by atoms with Crippen molar-refractivity contribution in [3.05, 3.63) is 94.9 Å². The molecule has 192 valence electrons. The van der Waals surface area contributed by atoms with Gasteiger partial charge in [-0.1, -0.05) is 30.3 Å². The summed E-state index contributed by atoms with van der Waals surface area (Å²) in [5, 5.41) is 1.35. The zero-order valence-corrected chi connectivity index (χ0v) is 19.7. The van der Waals surface area contributed by atoms with Crippen LogP contribution in [0.15, 0.2) is 71.9 Å². The number of rotatable bonds is 6. The minimum atomic E-state index is -4.64. The standard InChI is InChI=1S/C28H19F4N3O3/c29-22-7-6-17(28(30,31)32)11-16(22)13-18(36)12-15-5-8-24(20-4-2-1-3-19(15)20)38-25-9-10-34-27-21(25)14-23(37)26(33)35-27/h1-11H,12-14H2,(H2,33,34,35). The first-order chi connectivity index (χ1) is 18.1. The summed E-state index contributed by atoms with van der Waals surface area (Å²) in [5.74, 6) is -0.645. The van der Waals surface area contributed by atoms with E-state index in [9.17, 15) is 27.2 Å². The summed E-state index contributed by atoms with van der Waals surface area (Å²) in [4.78, 5) is 33.1. The summed E-state index contributed by atoms with van der Waals surface area (Å²) in [6.07, 6.45) is -3.77. The predicted octanol–water partition coefficient (Wildman–Crippen LogP) is 5.65. The first kappa shape index (κ1) is 25.1. The zero-order chi connectivity index (χ0) is 27.0. The van der Waals surface area contributed by atoms with Crippen molar-refractivity contribution in [2.24, 2.45) is 10.7 Å². The summed E-state index contributed by atoms with van der Waals surface area (Å²) < 4.78 is 59.4. The van der Waals surface area contributed by atoms with E-state index in [0.29, 0.717) is 51.3 Å². The number of Topliss-reactive ketones (excluding diaryl/α,β-unsaturated/α-hetero) is 2. The Balaban J connectivity index is 1.42. The van der Waals surface area contributed by atoms with E-state index in [0.717, 1.165) is 6.07 Å². The van der Waals surface area contributed by atoms with Gasteiger partial charge in [0.05, 0.1) is 5.56 Å². The second-order valence-electron chi connectivity index (χ2n) is 8.77. The van der Waals surface area contributed by atoms with E-state index in [-0.39, 0.29) is 30.0 Å². The number of ketones is 2. The number of halogens is 4. The number of hydrogen-bond acceptors (Lipinski definition) is 6. The third-order valence-electron chi connectivity index (χ3n) is 6.18. The fourth-order valence-electron chi connectivity index (χ4n) is 4.32. The number of aromatic nitrogens is 1. The van der Waals surface area contributed by atoms with E-state index in [1.54, 1.807) is 42.5 Å². The van der Waals surface area contributed by atoms with Crippen LogP contribution in [-0.4, -0.2) is 22.4 Å². The maximum absolute atomic E-state index is 14.2. The van der Waals surface area contributed by atoms with Crippen LogP contribution in [0, 0.1) is 5.82 Å². The van der Waals surface area contributed by atoms with Crippen molar-refractivity contribution in [3.8, 4) is 11.5 Å². The molecular weight excluding hydrogens is 502 g/mol. The van der Waals surface area contributed by atoms with Gasteiger partial charge in [0.1, 0.15) is 23.1 Å². The number of benzene rings is 3. The molecule has 0 bridgehead atoms. The summed E-state index contributed by atoms with van der Waals surface area (Å²) in [7, 11) is 0. The van der Waals surface area contributed by atoms with Crippen LogP contribution in [0.5, 0.6) is 11.5 Å². The number of ether oxygens (including phenoxy) is 1. The van der Waals surface area contributed by atoms with Crippen molar-refractivity contribution in [2.75, 3.05) is 0 Å². The molecular formula is C28H19F4N3O3. The molecule has 0 atom stereocenters. The van der Waals surface area contributed by atoms with Gasteiger partial charge in [0.25, 0.3) is 0 Å². The molecule has 0 saturated carbocycles. The number of alkyl halides is 3. The Bertz CT molecular complexity index is 1630.